The fourth-order valence-electron chi connectivity index (χ4n) is 1.54. The maximum atomic E-state index is 11.1. The first kappa shape index (κ1) is 13.2. The zero-order valence-corrected chi connectivity index (χ0v) is 9.81. The van der Waals surface area contributed by atoms with Crippen molar-refractivity contribution in [3.05, 3.63) is 35.4 Å². The Morgan fingerprint density at radius 1 is 1.38 bits per heavy atom. The number of alkyl halides is 1. The predicted octanol–water partition coefficient (Wildman–Crippen LogP) is 1.45. The van der Waals surface area contributed by atoms with Crippen molar-refractivity contribution in [3.8, 4) is 0 Å². The van der Waals surface area contributed by atoms with Crippen molar-refractivity contribution in [3.63, 3.8) is 0 Å². The van der Waals surface area contributed by atoms with Crippen molar-refractivity contribution in [2.24, 2.45) is 0 Å². The van der Waals surface area contributed by atoms with E-state index < -0.39 is 12.2 Å². The van der Waals surface area contributed by atoms with Gasteiger partial charge in [0.15, 0.2) is 0 Å². The summed E-state index contributed by atoms with van der Waals surface area (Å²) in [7, 11) is 0. The van der Waals surface area contributed by atoms with Crippen LogP contribution in [0.2, 0.25) is 0 Å². The van der Waals surface area contributed by atoms with Gasteiger partial charge >= 0.3 is 0 Å². The first-order valence-corrected chi connectivity index (χ1v) is 5.59. The van der Waals surface area contributed by atoms with E-state index in [1.54, 1.807) is 24.3 Å². The topological polar surface area (TPSA) is 57.5 Å². The molecular formula is C12H15ClO3. The summed E-state index contributed by atoms with van der Waals surface area (Å²) in [5, 5.41) is 19.3. The van der Waals surface area contributed by atoms with E-state index in [0.717, 1.165) is 5.56 Å². The summed E-state index contributed by atoms with van der Waals surface area (Å²) in [5.74, 6) is -0.0322. The van der Waals surface area contributed by atoms with Crippen LogP contribution >= 0.6 is 11.6 Å². The van der Waals surface area contributed by atoms with Crippen LogP contribution in [0.5, 0.6) is 0 Å². The van der Waals surface area contributed by atoms with E-state index in [9.17, 15) is 15.0 Å². The standard InChI is InChI=1S/C12H15ClO3/c1-8(14)6-9-4-2-3-5-10(9)12(16)11(15)7-13/h2-5,11-12,15-16H,6-7H2,1H3. The SMILES string of the molecule is CC(=O)Cc1ccccc1C(O)C(O)CCl. The maximum absolute atomic E-state index is 11.1. The molecule has 2 N–H and O–H groups in total. The number of ketones is 1. The fraction of sp³-hybridized carbons (Fsp3) is 0.417. The third-order valence-corrected chi connectivity index (χ3v) is 2.65. The molecule has 0 fully saturated rings. The van der Waals surface area contributed by atoms with E-state index in [2.05, 4.69) is 0 Å². The molecule has 1 rings (SSSR count). The zero-order chi connectivity index (χ0) is 12.1. The molecule has 88 valence electrons. The minimum absolute atomic E-state index is 0.0139. The summed E-state index contributed by atoms with van der Waals surface area (Å²) in [5.41, 5.74) is 1.29. The number of hydrogen-bond donors (Lipinski definition) is 2. The Hall–Kier alpha value is -0.900. The lowest BCUT2D eigenvalue weighted by atomic mass is 9.96. The summed E-state index contributed by atoms with van der Waals surface area (Å²) in [6.07, 6.45) is -1.81. The van der Waals surface area contributed by atoms with Gasteiger partial charge in [0.25, 0.3) is 0 Å². The van der Waals surface area contributed by atoms with Gasteiger partial charge in [-0.05, 0) is 18.1 Å². The number of hydrogen-bond acceptors (Lipinski definition) is 3. The van der Waals surface area contributed by atoms with Gasteiger partial charge in [-0.15, -0.1) is 11.6 Å². The number of carbonyl (C=O) groups excluding carboxylic acids is 1. The summed E-state index contributed by atoms with van der Waals surface area (Å²) >= 11 is 5.48. The maximum Gasteiger partial charge on any atom is 0.134 e. The quantitative estimate of drug-likeness (QED) is 0.769. The molecule has 1 aromatic rings. The van der Waals surface area contributed by atoms with Gasteiger partial charge in [-0.1, -0.05) is 24.3 Å². The molecule has 0 spiro atoms. The van der Waals surface area contributed by atoms with Crippen molar-refractivity contribution in [1.29, 1.82) is 0 Å². The lowest BCUT2D eigenvalue weighted by Crippen LogP contribution is -2.21. The molecule has 0 radical (unpaired) electrons. The molecule has 0 saturated carbocycles. The predicted molar refractivity (Wildman–Crippen MR) is 62.5 cm³/mol. The molecule has 0 bridgehead atoms. The Bertz CT molecular complexity index is 365. The van der Waals surface area contributed by atoms with Crippen LogP contribution in [0.4, 0.5) is 0 Å². The highest BCUT2D eigenvalue weighted by atomic mass is 35.5. The van der Waals surface area contributed by atoms with Crippen molar-refractivity contribution in [2.45, 2.75) is 25.6 Å². The number of aliphatic hydroxyl groups is 2. The molecule has 0 aliphatic rings. The van der Waals surface area contributed by atoms with E-state index in [4.69, 9.17) is 11.6 Å². The van der Waals surface area contributed by atoms with Crippen molar-refractivity contribution >= 4 is 17.4 Å². The third kappa shape index (κ3) is 3.30. The summed E-state index contributed by atoms with van der Waals surface area (Å²) in [6, 6.07) is 7.00. The van der Waals surface area contributed by atoms with Crippen molar-refractivity contribution in [2.75, 3.05) is 5.88 Å². The minimum Gasteiger partial charge on any atom is -0.389 e. The van der Waals surface area contributed by atoms with Gasteiger partial charge in [-0.25, -0.2) is 0 Å². The molecule has 0 aliphatic carbocycles. The van der Waals surface area contributed by atoms with Crippen LogP contribution < -0.4 is 0 Å². The molecule has 2 unspecified atom stereocenters. The van der Waals surface area contributed by atoms with Crippen LogP contribution in [0.25, 0.3) is 0 Å². The average molecular weight is 243 g/mol. The van der Waals surface area contributed by atoms with Gasteiger partial charge in [-0.3, -0.25) is 4.79 Å². The molecule has 0 aromatic heterocycles. The van der Waals surface area contributed by atoms with E-state index in [1.807, 2.05) is 0 Å². The molecule has 0 saturated heterocycles. The molecule has 0 heterocycles. The lowest BCUT2D eigenvalue weighted by molar-refractivity contribution is -0.116. The smallest absolute Gasteiger partial charge is 0.134 e. The number of aliphatic hydroxyl groups excluding tert-OH is 2. The Labute approximate surface area is 99.7 Å². The highest BCUT2D eigenvalue weighted by molar-refractivity contribution is 6.18. The third-order valence-electron chi connectivity index (χ3n) is 2.34. The average Bonchev–Trinajstić information content (AvgIpc) is 2.27. The van der Waals surface area contributed by atoms with E-state index in [0.29, 0.717) is 5.56 Å². The Balaban J connectivity index is 2.98. The van der Waals surface area contributed by atoms with Crippen molar-refractivity contribution < 1.29 is 15.0 Å². The largest absolute Gasteiger partial charge is 0.389 e. The van der Waals surface area contributed by atoms with E-state index >= 15 is 0 Å². The second-order valence-corrected chi connectivity index (χ2v) is 4.05. The molecule has 16 heavy (non-hydrogen) atoms. The Morgan fingerprint density at radius 3 is 2.56 bits per heavy atom. The first-order chi connectivity index (χ1) is 7.56. The first-order valence-electron chi connectivity index (χ1n) is 5.05. The number of Topliss-reactive ketones (excluding diaryl/α,β-unsaturated/α-hetero) is 1. The minimum atomic E-state index is -1.05. The van der Waals surface area contributed by atoms with Gasteiger partial charge in [0.1, 0.15) is 11.9 Å². The van der Waals surface area contributed by atoms with Gasteiger partial charge in [0, 0.05) is 6.42 Å². The summed E-state index contributed by atoms with van der Waals surface area (Å²) in [4.78, 5) is 11.1. The van der Waals surface area contributed by atoms with Crippen LogP contribution in [-0.4, -0.2) is 28.0 Å². The Kier molecular flexibility index (Phi) is 4.93. The van der Waals surface area contributed by atoms with Gasteiger partial charge in [0.05, 0.1) is 12.0 Å². The molecule has 2 atom stereocenters. The lowest BCUT2D eigenvalue weighted by Gasteiger charge is -2.18. The van der Waals surface area contributed by atoms with Gasteiger partial charge in [-0.2, -0.15) is 0 Å². The van der Waals surface area contributed by atoms with Crippen LogP contribution in [0.15, 0.2) is 24.3 Å². The number of carbonyl (C=O) groups is 1. The normalized spacial score (nSPS) is 14.5. The number of rotatable bonds is 5. The molecule has 4 heteroatoms. The summed E-state index contributed by atoms with van der Waals surface area (Å²) < 4.78 is 0. The Morgan fingerprint density at radius 2 is 2.00 bits per heavy atom. The van der Waals surface area contributed by atoms with E-state index in [1.165, 1.54) is 6.92 Å². The molecule has 1 aromatic carbocycles. The van der Waals surface area contributed by atoms with Gasteiger partial charge in [0.2, 0.25) is 0 Å². The second kappa shape index (κ2) is 5.99. The van der Waals surface area contributed by atoms with Crippen LogP contribution in [0.3, 0.4) is 0 Å². The highest BCUT2D eigenvalue weighted by Crippen LogP contribution is 2.22. The van der Waals surface area contributed by atoms with Crippen LogP contribution in [-0.2, 0) is 11.2 Å². The molecule has 0 amide bonds. The monoisotopic (exact) mass is 242 g/mol. The van der Waals surface area contributed by atoms with Crippen molar-refractivity contribution in [1.82, 2.24) is 0 Å². The number of halogens is 1. The molecule has 0 aliphatic heterocycles. The molecular weight excluding hydrogens is 228 g/mol. The highest BCUT2D eigenvalue weighted by Gasteiger charge is 2.20. The number of benzene rings is 1. The fourth-order valence-corrected chi connectivity index (χ4v) is 1.71. The molecule has 3 nitrogen and oxygen atoms in total. The van der Waals surface area contributed by atoms with E-state index in [-0.39, 0.29) is 18.1 Å². The summed E-state index contributed by atoms with van der Waals surface area (Å²) in [6.45, 7) is 1.49. The van der Waals surface area contributed by atoms with Crippen LogP contribution in [0.1, 0.15) is 24.2 Å². The van der Waals surface area contributed by atoms with Gasteiger partial charge < -0.3 is 10.2 Å². The van der Waals surface area contributed by atoms with Crippen LogP contribution in [0, 0.1) is 0 Å². The zero-order valence-electron chi connectivity index (χ0n) is 9.06. The second-order valence-electron chi connectivity index (χ2n) is 3.74.